The molecule has 0 aliphatic carbocycles. The van der Waals surface area contributed by atoms with E-state index >= 15 is 0 Å². The monoisotopic (exact) mass is 265 g/mol. The molecule has 7 heteroatoms. The Kier molecular flexibility index (Phi) is 3.66. The first-order valence-electron chi connectivity index (χ1n) is 6.01. The van der Waals surface area contributed by atoms with Crippen molar-refractivity contribution in [3.8, 4) is 5.75 Å². The second kappa shape index (κ2) is 5.23. The molecule has 0 spiro atoms. The lowest BCUT2D eigenvalue weighted by atomic mass is 10.1. The molecule has 0 saturated heterocycles. The predicted molar refractivity (Wildman–Crippen MR) is 69.2 cm³/mol. The zero-order chi connectivity index (χ0) is 14.0. The van der Waals surface area contributed by atoms with Crippen LogP contribution in [0.15, 0.2) is 18.2 Å². The van der Waals surface area contributed by atoms with Gasteiger partial charge in [-0.15, -0.1) is 0 Å². The summed E-state index contributed by atoms with van der Waals surface area (Å²) in [5.74, 6) is 0.274. The number of rotatable bonds is 4. The van der Waals surface area contributed by atoms with Crippen molar-refractivity contribution < 1.29 is 14.5 Å². The fourth-order valence-electron chi connectivity index (χ4n) is 1.99. The van der Waals surface area contributed by atoms with Crippen molar-refractivity contribution in [1.82, 2.24) is 0 Å². The third-order valence-corrected chi connectivity index (χ3v) is 2.95. The second-order valence-electron chi connectivity index (χ2n) is 4.30. The molecule has 2 rings (SSSR count). The van der Waals surface area contributed by atoms with Crippen LogP contribution in [0.25, 0.3) is 0 Å². The van der Waals surface area contributed by atoms with Gasteiger partial charge < -0.3 is 15.4 Å². The first-order valence-corrected chi connectivity index (χ1v) is 6.01. The molecule has 1 aromatic carbocycles. The topological polar surface area (TPSA) is 98.7 Å². The van der Waals surface area contributed by atoms with E-state index in [-0.39, 0.29) is 11.6 Å². The minimum Gasteiger partial charge on any atom is -0.479 e. The van der Waals surface area contributed by atoms with E-state index in [2.05, 4.69) is 0 Å². The quantitative estimate of drug-likeness (QED) is 0.648. The fourth-order valence-corrected chi connectivity index (χ4v) is 1.99. The average molecular weight is 265 g/mol. The Morgan fingerprint density at radius 3 is 2.89 bits per heavy atom. The van der Waals surface area contributed by atoms with Crippen molar-refractivity contribution in [3.05, 3.63) is 28.3 Å². The predicted octanol–water partition coefficient (Wildman–Crippen LogP) is 1.06. The van der Waals surface area contributed by atoms with Crippen molar-refractivity contribution in [3.63, 3.8) is 0 Å². The Balaban J connectivity index is 2.41. The number of fused-ring (bicyclic) bond motifs is 1. The lowest BCUT2D eigenvalue weighted by Gasteiger charge is -2.32. The summed E-state index contributed by atoms with van der Waals surface area (Å²) >= 11 is 0. The van der Waals surface area contributed by atoms with Gasteiger partial charge in [0.1, 0.15) is 5.75 Å². The number of non-ortho nitro benzene ring substituents is 1. The van der Waals surface area contributed by atoms with Crippen molar-refractivity contribution in [1.29, 1.82) is 0 Å². The number of nitro groups is 1. The molecule has 1 atom stereocenters. The van der Waals surface area contributed by atoms with Gasteiger partial charge in [0.25, 0.3) is 11.6 Å². The van der Waals surface area contributed by atoms with Crippen molar-refractivity contribution in [2.75, 3.05) is 18.0 Å². The maximum Gasteiger partial charge on any atom is 0.271 e. The Hall–Kier alpha value is -2.15. The van der Waals surface area contributed by atoms with Crippen LogP contribution in [-0.4, -0.2) is 30.0 Å². The van der Waals surface area contributed by atoms with Crippen LogP contribution in [0.4, 0.5) is 11.4 Å². The van der Waals surface area contributed by atoms with E-state index < -0.39 is 11.0 Å². The highest BCUT2D eigenvalue weighted by atomic mass is 16.6. The van der Waals surface area contributed by atoms with Crippen LogP contribution in [0.2, 0.25) is 0 Å². The Labute approximate surface area is 110 Å². The van der Waals surface area contributed by atoms with E-state index in [1.54, 1.807) is 6.92 Å². The molecule has 19 heavy (non-hydrogen) atoms. The van der Waals surface area contributed by atoms with Gasteiger partial charge >= 0.3 is 0 Å². The van der Waals surface area contributed by atoms with E-state index in [0.717, 1.165) is 0 Å². The molecule has 1 heterocycles. The zero-order valence-electron chi connectivity index (χ0n) is 10.5. The smallest absolute Gasteiger partial charge is 0.271 e. The first-order chi connectivity index (χ1) is 9.04. The number of anilines is 1. The Morgan fingerprint density at radius 2 is 2.26 bits per heavy atom. The van der Waals surface area contributed by atoms with Crippen molar-refractivity contribution in [2.24, 2.45) is 5.73 Å². The number of amides is 1. The van der Waals surface area contributed by atoms with Crippen LogP contribution in [0, 0.1) is 10.1 Å². The second-order valence-corrected chi connectivity index (χ2v) is 4.30. The number of nitrogens with two attached hydrogens (primary N) is 1. The van der Waals surface area contributed by atoms with Gasteiger partial charge in [0, 0.05) is 18.7 Å². The van der Waals surface area contributed by atoms with Crippen molar-refractivity contribution in [2.45, 2.75) is 19.4 Å². The summed E-state index contributed by atoms with van der Waals surface area (Å²) in [4.78, 5) is 23.9. The molecule has 0 saturated carbocycles. The third-order valence-electron chi connectivity index (χ3n) is 2.95. The molecule has 1 unspecified atom stereocenters. The number of carbonyl (C=O) groups excluding carboxylic acids is 1. The Bertz CT molecular complexity index is 518. The molecule has 102 valence electrons. The highest BCUT2D eigenvalue weighted by Crippen LogP contribution is 2.36. The summed E-state index contributed by atoms with van der Waals surface area (Å²) in [7, 11) is 0. The van der Waals surface area contributed by atoms with E-state index in [1.807, 2.05) is 0 Å². The van der Waals surface area contributed by atoms with E-state index in [0.29, 0.717) is 30.9 Å². The molecular formula is C12H15N3O4. The standard InChI is InChI=1S/C12H15N3O4/c1-8-12(16)14(6-2-5-13)10-7-9(15(17)18)3-4-11(10)19-8/h3-4,7-8H,2,5-6,13H2,1H3. The number of hydrogen-bond acceptors (Lipinski definition) is 5. The van der Waals surface area contributed by atoms with Crippen molar-refractivity contribution >= 4 is 17.3 Å². The van der Waals surface area contributed by atoms with Gasteiger partial charge in [-0.05, 0) is 26.0 Å². The van der Waals surface area contributed by atoms with Crippen LogP contribution in [0.1, 0.15) is 13.3 Å². The number of carbonyl (C=O) groups is 1. The molecule has 1 amide bonds. The number of hydrogen-bond donors (Lipinski definition) is 1. The molecule has 0 radical (unpaired) electrons. The van der Waals surface area contributed by atoms with Gasteiger partial charge in [-0.25, -0.2) is 0 Å². The van der Waals surface area contributed by atoms with Gasteiger partial charge in [0.15, 0.2) is 6.10 Å². The van der Waals surface area contributed by atoms with Crippen LogP contribution in [-0.2, 0) is 4.79 Å². The van der Waals surface area contributed by atoms with Crippen LogP contribution >= 0.6 is 0 Å². The number of ether oxygens (including phenoxy) is 1. The molecule has 2 N–H and O–H groups in total. The van der Waals surface area contributed by atoms with Crippen LogP contribution < -0.4 is 15.4 Å². The largest absolute Gasteiger partial charge is 0.479 e. The molecule has 7 nitrogen and oxygen atoms in total. The minimum atomic E-state index is -0.591. The summed E-state index contributed by atoms with van der Waals surface area (Å²) in [5.41, 5.74) is 5.82. The van der Waals surface area contributed by atoms with Gasteiger partial charge in [0.2, 0.25) is 0 Å². The Morgan fingerprint density at radius 1 is 1.53 bits per heavy atom. The molecule has 1 aromatic rings. The third kappa shape index (κ3) is 2.50. The maximum absolute atomic E-state index is 12.1. The summed E-state index contributed by atoms with van der Waals surface area (Å²) in [6, 6.07) is 4.24. The van der Waals surface area contributed by atoms with Gasteiger partial charge in [-0.3, -0.25) is 14.9 Å². The summed E-state index contributed by atoms with van der Waals surface area (Å²) in [5, 5.41) is 10.8. The summed E-state index contributed by atoms with van der Waals surface area (Å²) in [6.07, 6.45) is 0.0346. The summed E-state index contributed by atoms with van der Waals surface area (Å²) < 4.78 is 5.44. The number of nitro benzene ring substituents is 1. The lowest BCUT2D eigenvalue weighted by molar-refractivity contribution is -0.384. The molecule has 1 aliphatic rings. The fraction of sp³-hybridized carbons (Fsp3) is 0.417. The maximum atomic E-state index is 12.1. The SMILES string of the molecule is CC1Oc2ccc([N+](=O)[O-])cc2N(CCCN)C1=O. The average Bonchev–Trinajstić information content (AvgIpc) is 2.39. The van der Waals surface area contributed by atoms with Crippen LogP contribution in [0.3, 0.4) is 0 Å². The molecule has 1 aliphatic heterocycles. The van der Waals surface area contributed by atoms with Gasteiger partial charge in [0.05, 0.1) is 10.6 Å². The van der Waals surface area contributed by atoms with Gasteiger partial charge in [-0.2, -0.15) is 0 Å². The molecule has 0 bridgehead atoms. The highest BCUT2D eigenvalue weighted by Gasteiger charge is 2.32. The summed E-state index contributed by atoms with van der Waals surface area (Å²) in [6.45, 7) is 2.53. The zero-order valence-corrected chi connectivity index (χ0v) is 10.5. The van der Waals surface area contributed by atoms with E-state index in [9.17, 15) is 14.9 Å². The molecular weight excluding hydrogens is 250 g/mol. The number of nitrogens with zero attached hydrogens (tertiary/aromatic N) is 2. The van der Waals surface area contributed by atoms with E-state index in [4.69, 9.17) is 10.5 Å². The molecule has 0 aromatic heterocycles. The van der Waals surface area contributed by atoms with E-state index in [1.165, 1.54) is 23.1 Å². The highest BCUT2D eigenvalue weighted by molar-refractivity contribution is 6.00. The minimum absolute atomic E-state index is 0.0672. The normalized spacial score (nSPS) is 17.9. The number of benzene rings is 1. The van der Waals surface area contributed by atoms with Gasteiger partial charge in [-0.1, -0.05) is 0 Å². The molecule has 0 fully saturated rings. The first kappa shape index (κ1) is 13.3. The lowest BCUT2D eigenvalue weighted by Crippen LogP contribution is -2.45. The van der Waals surface area contributed by atoms with Crippen LogP contribution in [0.5, 0.6) is 5.75 Å².